The van der Waals surface area contributed by atoms with Crippen molar-refractivity contribution in [2.45, 2.75) is 52.3 Å². The monoisotopic (exact) mass is 361 g/mol. The molecule has 2 heterocycles. The van der Waals surface area contributed by atoms with Crippen molar-refractivity contribution in [3.63, 3.8) is 0 Å². The van der Waals surface area contributed by atoms with E-state index in [0.29, 0.717) is 36.3 Å². The molecule has 0 spiro atoms. The average Bonchev–Trinajstić information content (AvgIpc) is 2.78. The first-order valence-electron chi connectivity index (χ1n) is 8.13. The highest BCUT2D eigenvalue weighted by molar-refractivity contribution is 5.84. The lowest BCUT2D eigenvalue weighted by Gasteiger charge is -2.32. The molecule has 1 aliphatic rings. The first kappa shape index (κ1) is 19.3. The summed E-state index contributed by atoms with van der Waals surface area (Å²) >= 11 is 0. The van der Waals surface area contributed by atoms with Crippen molar-refractivity contribution in [3.8, 4) is 0 Å². The molecule has 0 aliphatic carbocycles. The number of carbonyl (C=O) groups excluding carboxylic acids is 1. The number of carbonyl (C=O) groups is 2. The normalized spacial score (nSPS) is 19.8. The Morgan fingerprint density at radius 1 is 1.36 bits per heavy atom. The molecule has 0 radical (unpaired) electrons. The molecule has 1 amide bonds. The van der Waals surface area contributed by atoms with Crippen LogP contribution in [0, 0.1) is 19.8 Å². The number of halogens is 3. The zero-order valence-electron chi connectivity index (χ0n) is 14.4. The standard InChI is InChI=1S/C16H22F3N3O3/c1-9(14(23)21-6-4-5-12(7-21)15(24)25)13-10(2)20-22(11(13)3)8-16(17,18)19/h9,12H,4-8H2,1-3H3,(H,24,25). The molecule has 1 fully saturated rings. The summed E-state index contributed by atoms with van der Waals surface area (Å²) in [4.78, 5) is 25.4. The van der Waals surface area contributed by atoms with E-state index in [1.807, 2.05) is 0 Å². The Morgan fingerprint density at radius 3 is 2.56 bits per heavy atom. The molecular weight excluding hydrogens is 339 g/mol. The summed E-state index contributed by atoms with van der Waals surface area (Å²) in [5, 5.41) is 13.1. The number of carboxylic acid groups (broad SMARTS) is 1. The number of amides is 1. The third-order valence-electron chi connectivity index (χ3n) is 4.65. The van der Waals surface area contributed by atoms with Crippen LogP contribution in [0.15, 0.2) is 0 Å². The predicted molar refractivity (Wildman–Crippen MR) is 83.1 cm³/mol. The zero-order valence-corrected chi connectivity index (χ0v) is 14.4. The average molecular weight is 361 g/mol. The Morgan fingerprint density at radius 2 is 2.00 bits per heavy atom. The minimum absolute atomic E-state index is 0.132. The number of aryl methyl sites for hydroxylation is 1. The Hall–Kier alpha value is -2.06. The van der Waals surface area contributed by atoms with Gasteiger partial charge in [0.15, 0.2) is 0 Å². The van der Waals surface area contributed by atoms with Gasteiger partial charge in [-0.3, -0.25) is 14.3 Å². The fourth-order valence-corrected chi connectivity index (χ4v) is 3.44. The van der Waals surface area contributed by atoms with E-state index in [-0.39, 0.29) is 12.5 Å². The summed E-state index contributed by atoms with van der Waals surface area (Å²) in [5.74, 6) is -2.48. The van der Waals surface area contributed by atoms with Crippen LogP contribution in [0.2, 0.25) is 0 Å². The number of carboxylic acids is 1. The molecule has 2 unspecified atom stereocenters. The van der Waals surface area contributed by atoms with E-state index in [1.54, 1.807) is 13.8 Å². The molecule has 0 saturated carbocycles. The summed E-state index contributed by atoms with van der Waals surface area (Å²) in [6.45, 7) is 4.11. The van der Waals surface area contributed by atoms with Gasteiger partial charge in [0.25, 0.3) is 0 Å². The van der Waals surface area contributed by atoms with Crippen LogP contribution in [-0.4, -0.2) is 50.9 Å². The van der Waals surface area contributed by atoms with Crippen molar-refractivity contribution in [3.05, 3.63) is 17.0 Å². The molecule has 0 aromatic carbocycles. The summed E-state index contributed by atoms with van der Waals surface area (Å²) < 4.78 is 38.8. The lowest BCUT2D eigenvalue weighted by molar-refractivity contribution is -0.146. The Balaban J connectivity index is 2.21. The van der Waals surface area contributed by atoms with Crippen LogP contribution in [0.3, 0.4) is 0 Å². The van der Waals surface area contributed by atoms with E-state index < -0.39 is 30.5 Å². The molecule has 1 aliphatic heterocycles. The Kier molecular flexibility index (Phi) is 5.43. The first-order chi connectivity index (χ1) is 11.5. The van der Waals surface area contributed by atoms with Crippen molar-refractivity contribution in [2.24, 2.45) is 5.92 Å². The summed E-state index contributed by atoms with van der Waals surface area (Å²) in [6.07, 6.45) is -3.27. The van der Waals surface area contributed by atoms with Gasteiger partial charge < -0.3 is 10.0 Å². The van der Waals surface area contributed by atoms with Crippen molar-refractivity contribution in [2.75, 3.05) is 13.1 Å². The topological polar surface area (TPSA) is 75.4 Å². The van der Waals surface area contributed by atoms with Crippen LogP contribution in [0.1, 0.15) is 42.6 Å². The van der Waals surface area contributed by atoms with Crippen LogP contribution in [0.25, 0.3) is 0 Å². The van der Waals surface area contributed by atoms with Gasteiger partial charge in [0, 0.05) is 24.3 Å². The number of alkyl halides is 3. The summed E-state index contributed by atoms with van der Waals surface area (Å²) in [6, 6.07) is 0. The Bertz CT molecular complexity index is 670. The molecule has 1 saturated heterocycles. The van der Waals surface area contributed by atoms with Crippen molar-refractivity contribution in [1.82, 2.24) is 14.7 Å². The molecular formula is C16H22F3N3O3. The number of rotatable bonds is 4. The number of hydrogen-bond acceptors (Lipinski definition) is 3. The van der Waals surface area contributed by atoms with E-state index in [1.165, 1.54) is 11.8 Å². The molecule has 1 aromatic heterocycles. The van der Waals surface area contributed by atoms with Crippen LogP contribution < -0.4 is 0 Å². The minimum atomic E-state index is -4.39. The van der Waals surface area contributed by atoms with Crippen molar-refractivity contribution < 1.29 is 27.9 Å². The molecule has 1 aromatic rings. The molecule has 25 heavy (non-hydrogen) atoms. The summed E-state index contributed by atoms with van der Waals surface area (Å²) in [7, 11) is 0. The molecule has 2 atom stereocenters. The van der Waals surface area contributed by atoms with E-state index in [2.05, 4.69) is 5.10 Å². The van der Waals surface area contributed by atoms with Crippen LogP contribution in [-0.2, 0) is 16.1 Å². The highest BCUT2D eigenvalue weighted by Crippen LogP contribution is 2.29. The lowest BCUT2D eigenvalue weighted by Crippen LogP contribution is -2.44. The van der Waals surface area contributed by atoms with E-state index in [0.717, 1.165) is 4.68 Å². The van der Waals surface area contributed by atoms with Gasteiger partial charge in [-0.1, -0.05) is 0 Å². The molecule has 1 N–H and O–H groups in total. The first-order valence-corrected chi connectivity index (χ1v) is 8.13. The van der Waals surface area contributed by atoms with Crippen molar-refractivity contribution in [1.29, 1.82) is 0 Å². The second kappa shape index (κ2) is 7.05. The SMILES string of the molecule is Cc1nn(CC(F)(F)F)c(C)c1C(C)C(=O)N1CCCC(C(=O)O)C1. The number of likely N-dealkylation sites (tertiary alicyclic amines) is 1. The predicted octanol–water partition coefficient (Wildman–Crippen LogP) is 2.49. The van der Waals surface area contributed by atoms with E-state index >= 15 is 0 Å². The van der Waals surface area contributed by atoms with Gasteiger partial charge in [0.05, 0.1) is 17.5 Å². The van der Waals surface area contributed by atoms with Crippen LogP contribution >= 0.6 is 0 Å². The number of piperidine rings is 1. The minimum Gasteiger partial charge on any atom is -0.481 e. The molecule has 6 nitrogen and oxygen atoms in total. The second-order valence-electron chi connectivity index (χ2n) is 6.54. The van der Waals surface area contributed by atoms with Crippen molar-refractivity contribution >= 4 is 11.9 Å². The molecule has 140 valence electrons. The fraction of sp³-hybridized carbons (Fsp3) is 0.688. The molecule has 2 rings (SSSR count). The van der Waals surface area contributed by atoms with Gasteiger partial charge in [0.1, 0.15) is 6.54 Å². The largest absolute Gasteiger partial charge is 0.481 e. The Labute approximate surface area is 143 Å². The quantitative estimate of drug-likeness (QED) is 0.894. The zero-order chi connectivity index (χ0) is 18.9. The van der Waals surface area contributed by atoms with Gasteiger partial charge in [-0.2, -0.15) is 18.3 Å². The van der Waals surface area contributed by atoms with Gasteiger partial charge in [-0.25, -0.2) is 0 Å². The van der Waals surface area contributed by atoms with E-state index in [9.17, 15) is 22.8 Å². The van der Waals surface area contributed by atoms with Gasteiger partial charge in [-0.05, 0) is 33.6 Å². The van der Waals surface area contributed by atoms with E-state index in [4.69, 9.17) is 5.11 Å². The fourth-order valence-electron chi connectivity index (χ4n) is 3.44. The maximum atomic E-state index is 12.7. The number of aliphatic carboxylic acids is 1. The van der Waals surface area contributed by atoms with Crippen LogP contribution in [0.4, 0.5) is 13.2 Å². The third kappa shape index (κ3) is 4.32. The third-order valence-corrected chi connectivity index (χ3v) is 4.65. The van der Waals surface area contributed by atoms with Gasteiger partial charge in [-0.15, -0.1) is 0 Å². The molecule has 9 heteroatoms. The van der Waals surface area contributed by atoms with Crippen LogP contribution in [0.5, 0.6) is 0 Å². The number of nitrogens with zero attached hydrogens (tertiary/aromatic N) is 3. The number of hydrogen-bond donors (Lipinski definition) is 1. The highest BCUT2D eigenvalue weighted by Gasteiger charge is 2.34. The van der Waals surface area contributed by atoms with Gasteiger partial charge >= 0.3 is 12.1 Å². The number of aromatic nitrogens is 2. The molecule has 0 bridgehead atoms. The van der Waals surface area contributed by atoms with Gasteiger partial charge in [0.2, 0.25) is 5.91 Å². The lowest BCUT2D eigenvalue weighted by atomic mass is 9.93. The second-order valence-corrected chi connectivity index (χ2v) is 6.54. The summed E-state index contributed by atoms with van der Waals surface area (Å²) in [5.41, 5.74) is 1.17. The highest BCUT2D eigenvalue weighted by atomic mass is 19.4. The maximum Gasteiger partial charge on any atom is 0.408 e. The maximum absolute atomic E-state index is 12.7. The smallest absolute Gasteiger partial charge is 0.408 e.